The summed E-state index contributed by atoms with van der Waals surface area (Å²) in [4.78, 5) is 0. The van der Waals surface area contributed by atoms with E-state index < -0.39 is 0 Å². The molecule has 0 spiro atoms. The van der Waals surface area contributed by atoms with Crippen molar-refractivity contribution in [3.63, 3.8) is 0 Å². The van der Waals surface area contributed by atoms with E-state index in [1.54, 1.807) is 0 Å². The van der Waals surface area contributed by atoms with Crippen LogP contribution in [0, 0.1) is 0 Å². The summed E-state index contributed by atoms with van der Waals surface area (Å²) in [6.07, 6.45) is 0. The second-order valence-corrected chi connectivity index (χ2v) is 0. The summed E-state index contributed by atoms with van der Waals surface area (Å²) in [5.74, 6) is 0. The highest BCUT2D eigenvalue weighted by molar-refractivity contribution is 5.76. The van der Waals surface area contributed by atoms with Gasteiger partial charge in [-0.05, 0) is 0 Å². The smallest absolute Gasteiger partial charge is 0 e. The molecule has 0 aromatic heterocycles. The van der Waals surface area contributed by atoms with Crippen LogP contribution in [0.1, 0.15) is 0 Å². The molecule has 0 aliphatic carbocycles. The Hall–Kier alpha value is 5.43. The van der Waals surface area contributed by atoms with Crippen LogP contribution in [-0.4, -0.2) is 167 Å². The Morgan fingerprint density at radius 1 is 0.250 bits per heavy atom. The summed E-state index contributed by atoms with van der Waals surface area (Å²) >= 11 is 0. The van der Waals surface area contributed by atoms with E-state index in [4.69, 9.17) is 0 Å². The van der Waals surface area contributed by atoms with Gasteiger partial charge in [-0.3, -0.25) is 0 Å². The topological polar surface area (TPSA) is 0 Å². The molecule has 0 aromatic carbocycles. The Morgan fingerprint density at radius 2 is 0.250 bits per heavy atom. The van der Waals surface area contributed by atoms with Crippen molar-refractivity contribution in [1.82, 2.24) is 0 Å². The van der Waals surface area contributed by atoms with Crippen LogP contribution in [0.3, 0.4) is 0 Å². The molecule has 0 N–H and O–H groups in total. The SMILES string of the molecule is [AlH3].[AlH3].[AlH3].[Mg].[Mg].[Mg].[Mg].[Mg]. The Morgan fingerprint density at radius 3 is 0.250 bits per heavy atom. The van der Waals surface area contributed by atoms with Crippen LogP contribution in [0.5, 0.6) is 0 Å². The molecule has 0 saturated heterocycles. The maximum absolute atomic E-state index is 0. The van der Waals surface area contributed by atoms with E-state index >= 15 is 0 Å². The first-order valence-corrected chi connectivity index (χ1v) is 0. The standard InChI is InChI=1S/3Al.5Mg.9H. The lowest BCUT2D eigenvalue weighted by molar-refractivity contribution is 5.75. The van der Waals surface area contributed by atoms with Gasteiger partial charge in [0.1, 0.15) is 0 Å². The monoisotopic (exact) mass is 210 g/mol. The Labute approximate surface area is 163 Å². The minimum Gasteiger partial charge on any atom is 0 e. The molecule has 0 atom stereocenters. The highest BCUT2D eigenvalue weighted by Crippen LogP contribution is -0.374. The van der Waals surface area contributed by atoms with Gasteiger partial charge in [-0.25, -0.2) is 0 Å². The zero-order chi connectivity index (χ0) is 0. The third kappa shape index (κ3) is 42.2. The molecule has 0 bridgehead atoms. The van der Waals surface area contributed by atoms with Gasteiger partial charge in [0, 0.05) is 115 Å². The second kappa shape index (κ2) is 55.1. The van der Waals surface area contributed by atoms with Crippen molar-refractivity contribution >= 4 is 167 Å². The van der Waals surface area contributed by atoms with Crippen LogP contribution in [0.25, 0.3) is 0 Å². The first-order valence-electron chi connectivity index (χ1n) is 0. The largest absolute Gasteiger partial charge is 0.187 e. The molecule has 0 rings (SSSR count). The van der Waals surface area contributed by atoms with Crippen molar-refractivity contribution in [2.24, 2.45) is 0 Å². The van der Waals surface area contributed by atoms with Crippen LogP contribution in [0.2, 0.25) is 0 Å². The fourth-order valence-corrected chi connectivity index (χ4v) is 0. The molecule has 0 aliphatic heterocycles. The molecule has 0 amide bonds. The van der Waals surface area contributed by atoms with Gasteiger partial charge in [-0.1, -0.05) is 0 Å². The van der Waals surface area contributed by atoms with Gasteiger partial charge in [-0.15, -0.1) is 0 Å². The summed E-state index contributed by atoms with van der Waals surface area (Å²) in [6.45, 7) is 0. The van der Waals surface area contributed by atoms with Crippen molar-refractivity contribution in [3.05, 3.63) is 0 Å². The summed E-state index contributed by atoms with van der Waals surface area (Å²) in [5, 5.41) is 0. The molecule has 0 nitrogen and oxygen atoms in total. The Balaban J connectivity index is 0. The lowest BCUT2D eigenvalue weighted by atomic mass is 24.3. The molecule has 0 heterocycles. The molecule has 8 heteroatoms. The Kier molecular flexibility index (Phi) is 485. The molecule has 0 aliphatic rings. The van der Waals surface area contributed by atoms with Gasteiger partial charge in [0.05, 0.1) is 0 Å². The van der Waals surface area contributed by atoms with Gasteiger partial charge < -0.3 is 0 Å². The van der Waals surface area contributed by atoms with Gasteiger partial charge in [0.25, 0.3) is 0 Å². The van der Waals surface area contributed by atoms with Gasteiger partial charge in [-0.2, -0.15) is 0 Å². The summed E-state index contributed by atoms with van der Waals surface area (Å²) in [5.41, 5.74) is 0. The van der Waals surface area contributed by atoms with Crippen LogP contribution in [0.4, 0.5) is 0 Å². The quantitative estimate of drug-likeness (QED) is 0.351. The van der Waals surface area contributed by atoms with Crippen molar-refractivity contribution in [3.8, 4) is 0 Å². The molecule has 28 valence electrons. The molecule has 0 saturated carbocycles. The van der Waals surface area contributed by atoms with Crippen LogP contribution in [-0.2, 0) is 0 Å². The molecular formula is H9Al3Mg5. The van der Waals surface area contributed by atoms with E-state index in [1.807, 2.05) is 0 Å². The lowest BCUT2D eigenvalue weighted by Gasteiger charge is -0.00100. The predicted molar refractivity (Wildman–Crippen MR) is 58.6 cm³/mol. The minimum absolute atomic E-state index is 0. The van der Waals surface area contributed by atoms with E-state index in [0.717, 1.165) is 0 Å². The predicted octanol–water partition coefficient (Wildman–Crippen LogP) is -5.46. The van der Waals surface area contributed by atoms with Crippen LogP contribution >= 0.6 is 0 Å². The average molecular weight is 212 g/mol. The van der Waals surface area contributed by atoms with Crippen molar-refractivity contribution in [2.75, 3.05) is 0 Å². The summed E-state index contributed by atoms with van der Waals surface area (Å²) < 4.78 is 0. The van der Waals surface area contributed by atoms with Crippen molar-refractivity contribution < 1.29 is 0 Å². The average Bonchev–Trinajstić information content (AvgIpc) is 0. The van der Waals surface area contributed by atoms with Crippen molar-refractivity contribution in [2.45, 2.75) is 0 Å². The molecule has 8 heavy (non-hydrogen) atoms. The molecule has 0 unspecified atom stereocenters. The number of hydrogen-bond acceptors (Lipinski definition) is 0. The first kappa shape index (κ1) is 70.4. The maximum Gasteiger partial charge on any atom is 0.187 e. The fraction of sp³-hybridized carbons (Fsp3) is 0. The highest BCUT2D eigenvalue weighted by atomic mass is 27.0. The fourth-order valence-electron chi connectivity index (χ4n) is 0. The van der Waals surface area contributed by atoms with E-state index in [1.165, 1.54) is 0 Å². The van der Waals surface area contributed by atoms with Gasteiger partial charge in [0.15, 0.2) is 52.1 Å². The van der Waals surface area contributed by atoms with Crippen LogP contribution < -0.4 is 0 Å². The number of rotatable bonds is 0. The molecule has 0 aromatic rings. The van der Waals surface area contributed by atoms with Crippen LogP contribution in [0.15, 0.2) is 0 Å². The third-order valence-corrected chi connectivity index (χ3v) is 0. The third-order valence-electron chi connectivity index (χ3n) is 0. The van der Waals surface area contributed by atoms with E-state index in [2.05, 4.69) is 0 Å². The lowest BCUT2D eigenvalue weighted by Crippen LogP contribution is -0.382. The second-order valence-electron chi connectivity index (χ2n) is 0. The zero-order valence-electron chi connectivity index (χ0n) is 3.54. The molecule has 10 radical (unpaired) electrons. The summed E-state index contributed by atoms with van der Waals surface area (Å²) in [7, 11) is 0. The molecule has 0 fully saturated rings. The Bertz CT molecular complexity index is 7.64. The summed E-state index contributed by atoms with van der Waals surface area (Å²) in [6, 6.07) is 0. The normalized spacial score (nSPS) is 0. The minimum atomic E-state index is 0. The van der Waals surface area contributed by atoms with Gasteiger partial charge in [0.2, 0.25) is 0 Å². The van der Waals surface area contributed by atoms with E-state index in [0.29, 0.717) is 0 Å². The van der Waals surface area contributed by atoms with E-state index in [9.17, 15) is 0 Å². The maximum atomic E-state index is 0. The highest BCUT2D eigenvalue weighted by Gasteiger charge is 0.189. The van der Waals surface area contributed by atoms with Gasteiger partial charge >= 0.3 is 0 Å². The van der Waals surface area contributed by atoms with E-state index in [-0.39, 0.29) is 167 Å². The number of hydrogen-bond donors (Lipinski definition) is 0. The first-order chi connectivity index (χ1) is 0. The molecular weight excluding hydrogens is 202 g/mol. The van der Waals surface area contributed by atoms with Crippen molar-refractivity contribution in [1.29, 1.82) is 0 Å². The zero-order valence-corrected chi connectivity index (χ0v) is 10.6.